The van der Waals surface area contributed by atoms with E-state index in [4.69, 9.17) is 9.47 Å². The van der Waals surface area contributed by atoms with Crippen LogP contribution in [-0.2, 0) is 30.3 Å². The summed E-state index contributed by atoms with van der Waals surface area (Å²) in [5.74, 6) is -1.51. The van der Waals surface area contributed by atoms with Crippen LogP contribution in [0.5, 0.6) is 0 Å². The summed E-state index contributed by atoms with van der Waals surface area (Å²) in [4.78, 5) is 57.4. The Bertz CT molecular complexity index is 1360. The topological polar surface area (TPSA) is 114 Å². The lowest BCUT2D eigenvalue weighted by Crippen LogP contribution is -2.60. The van der Waals surface area contributed by atoms with Crippen LogP contribution >= 0.6 is 0 Å². The van der Waals surface area contributed by atoms with E-state index in [1.807, 2.05) is 97.0 Å². The average molecular weight is 652 g/mol. The molecule has 0 saturated carbocycles. The van der Waals surface area contributed by atoms with Crippen molar-refractivity contribution in [3.8, 4) is 0 Å². The minimum atomic E-state index is -1.14. The van der Waals surface area contributed by atoms with Gasteiger partial charge in [-0.2, -0.15) is 0 Å². The van der Waals surface area contributed by atoms with E-state index in [0.717, 1.165) is 16.7 Å². The molecule has 2 rings (SSSR count). The van der Waals surface area contributed by atoms with Crippen molar-refractivity contribution < 1.29 is 28.7 Å². The van der Waals surface area contributed by atoms with Crippen molar-refractivity contribution in [2.75, 3.05) is 0 Å². The number of rotatable bonds is 11. The van der Waals surface area contributed by atoms with Crippen molar-refractivity contribution >= 4 is 23.9 Å². The molecule has 0 aliphatic carbocycles. The Morgan fingerprint density at radius 2 is 1.28 bits per heavy atom. The highest BCUT2D eigenvalue weighted by molar-refractivity contribution is 5.94. The first-order valence-electron chi connectivity index (χ1n) is 16.4. The highest BCUT2D eigenvalue weighted by atomic mass is 16.6. The molecule has 0 aromatic heterocycles. The van der Waals surface area contributed by atoms with Crippen LogP contribution in [0.25, 0.3) is 0 Å². The summed E-state index contributed by atoms with van der Waals surface area (Å²) < 4.78 is 11.3. The fourth-order valence-electron chi connectivity index (χ4n) is 5.41. The second-order valence-electron chi connectivity index (χ2n) is 15.8. The van der Waals surface area contributed by atoms with E-state index in [-0.39, 0.29) is 12.3 Å². The summed E-state index contributed by atoms with van der Waals surface area (Å²) in [6.45, 7) is 23.9. The molecule has 9 heteroatoms. The third-order valence-corrected chi connectivity index (χ3v) is 7.01. The third-order valence-electron chi connectivity index (χ3n) is 7.01. The third kappa shape index (κ3) is 13.0. The van der Waals surface area contributed by atoms with E-state index in [9.17, 15) is 19.2 Å². The lowest BCUT2D eigenvalue weighted by molar-refractivity contribution is -0.159. The Kier molecular flexibility index (Phi) is 13.2. The van der Waals surface area contributed by atoms with Gasteiger partial charge >= 0.3 is 12.1 Å². The van der Waals surface area contributed by atoms with Crippen molar-refractivity contribution in [2.45, 2.75) is 138 Å². The van der Waals surface area contributed by atoms with Crippen molar-refractivity contribution in [1.82, 2.24) is 15.5 Å². The number of carbonyl (C=O) groups is 4. The van der Waals surface area contributed by atoms with Gasteiger partial charge in [-0.25, -0.2) is 9.59 Å². The molecule has 2 aromatic rings. The van der Waals surface area contributed by atoms with Gasteiger partial charge in [-0.05, 0) is 99.6 Å². The van der Waals surface area contributed by atoms with Crippen LogP contribution in [0.1, 0.15) is 111 Å². The van der Waals surface area contributed by atoms with Gasteiger partial charge < -0.3 is 25.0 Å². The largest absolute Gasteiger partial charge is 0.458 e. The fourth-order valence-corrected chi connectivity index (χ4v) is 5.41. The van der Waals surface area contributed by atoms with Gasteiger partial charge in [0.2, 0.25) is 11.8 Å². The number of carbonyl (C=O) groups excluding carboxylic acids is 4. The van der Waals surface area contributed by atoms with Gasteiger partial charge in [0, 0.05) is 12.0 Å². The zero-order valence-electron chi connectivity index (χ0n) is 30.7. The average Bonchev–Trinajstić information content (AvgIpc) is 2.87. The molecule has 0 bridgehead atoms. The van der Waals surface area contributed by atoms with Gasteiger partial charge in [0.25, 0.3) is 0 Å². The van der Waals surface area contributed by atoms with E-state index < -0.39 is 58.7 Å². The Morgan fingerprint density at radius 1 is 0.745 bits per heavy atom. The lowest BCUT2D eigenvalue weighted by atomic mass is 9.92. The van der Waals surface area contributed by atoms with Crippen LogP contribution in [0, 0.1) is 19.8 Å². The smallest absolute Gasteiger partial charge is 0.408 e. The zero-order chi connectivity index (χ0) is 35.9. The van der Waals surface area contributed by atoms with E-state index in [2.05, 4.69) is 10.6 Å². The van der Waals surface area contributed by atoms with Gasteiger partial charge in [0.1, 0.15) is 29.3 Å². The Morgan fingerprint density at radius 3 is 1.74 bits per heavy atom. The molecule has 0 heterocycles. The van der Waals surface area contributed by atoms with Crippen molar-refractivity contribution in [3.05, 3.63) is 70.8 Å². The molecule has 2 aromatic carbocycles. The first-order chi connectivity index (χ1) is 21.5. The highest BCUT2D eigenvalue weighted by Gasteiger charge is 2.43. The molecule has 260 valence electrons. The number of nitrogens with one attached hydrogen (secondary N) is 2. The number of ether oxygens (including phenoxy) is 2. The standard InChI is InChI=1S/C38H57N3O6/c1-24(2)19-29(40-35(45)47-38(11,12)13)33(43)41(36(5,6)7)31(28-21-25(3)20-26(4)22-28)32(42)39-30(34(44)46-37(8,9)10)23-27-17-15-14-16-18-27/h14-18,20-22,24,29-31H,19,23H2,1-13H3,(H,39,42)(H,40,45). The summed E-state index contributed by atoms with van der Waals surface area (Å²) in [5, 5.41) is 5.75. The maximum Gasteiger partial charge on any atom is 0.408 e. The SMILES string of the molecule is Cc1cc(C)cc(C(C(=O)NC(Cc2ccccc2)C(=O)OC(C)(C)C)N(C(=O)C(CC(C)C)NC(=O)OC(C)(C)C)C(C)(C)C)c1. The molecule has 9 nitrogen and oxygen atoms in total. The molecule has 0 aliphatic rings. The molecule has 3 unspecified atom stereocenters. The first kappa shape index (κ1) is 39.3. The second-order valence-corrected chi connectivity index (χ2v) is 15.8. The minimum absolute atomic E-state index is 0.0385. The maximum atomic E-state index is 14.7. The number of benzene rings is 2. The number of nitrogens with zero attached hydrogens (tertiary/aromatic N) is 1. The molecular weight excluding hydrogens is 594 g/mol. The van der Waals surface area contributed by atoms with Crippen LogP contribution in [0.2, 0.25) is 0 Å². The first-order valence-corrected chi connectivity index (χ1v) is 16.4. The van der Waals surface area contributed by atoms with Crippen LogP contribution in [-0.4, -0.2) is 57.6 Å². The summed E-state index contributed by atoms with van der Waals surface area (Å²) in [6.07, 6.45) is -0.202. The van der Waals surface area contributed by atoms with Crippen LogP contribution < -0.4 is 10.6 Å². The van der Waals surface area contributed by atoms with Gasteiger partial charge in [0.15, 0.2) is 0 Å². The van der Waals surface area contributed by atoms with Gasteiger partial charge in [-0.15, -0.1) is 0 Å². The second kappa shape index (κ2) is 15.8. The number of hydrogen-bond acceptors (Lipinski definition) is 6. The summed E-state index contributed by atoms with van der Waals surface area (Å²) in [5.41, 5.74) is 0.823. The monoisotopic (exact) mass is 651 g/mol. The van der Waals surface area contributed by atoms with Crippen molar-refractivity contribution in [1.29, 1.82) is 0 Å². The number of esters is 1. The van der Waals surface area contributed by atoms with Crippen molar-refractivity contribution in [3.63, 3.8) is 0 Å². The molecule has 0 radical (unpaired) electrons. The Hall–Kier alpha value is -3.88. The summed E-state index contributed by atoms with van der Waals surface area (Å²) in [7, 11) is 0. The van der Waals surface area contributed by atoms with E-state index in [0.29, 0.717) is 12.0 Å². The highest BCUT2D eigenvalue weighted by Crippen LogP contribution is 2.32. The van der Waals surface area contributed by atoms with Crippen LogP contribution in [0.15, 0.2) is 48.5 Å². The van der Waals surface area contributed by atoms with Gasteiger partial charge in [-0.1, -0.05) is 73.5 Å². The van der Waals surface area contributed by atoms with Crippen LogP contribution in [0.3, 0.4) is 0 Å². The molecule has 0 aliphatic heterocycles. The molecule has 0 saturated heterocycles. The zero-order valence-corrected chi connectivity index (χ0v) is 30.7. The fraction of sp³-hybridized carbons (Fsp3) is 0.579. The van der Waals surface area contributed by atoms with Gasteiger partial charge in [0.05, 0.1) is 0 Å². The van der Waals surface area contributed by atoms with Gasteiger partial charge in [-0.3, -0.25) is 9.59 Å². The number of hydrogen-bond donors (Lipinski definition) is 2. The quantitative estimate of drug-likeness (QED) is 0.254. The van der Waals surface area contributed by atoms with E-state index in [1.165, 1.54) is 4.90 Å². The molecule has 3 amide bonds. The summed E-state index contributed by atoms with van der Waals surface area (Å²) >= 11 is 0. The molecule has 0 spiro atoms. The predicted molar refractivity (Wildman–Crippen MR) is 186 cm³/mol. The molecule has 0 fully saturated rings. The minimum Gasteiger partial charge on any atom is -0.458 e. The van der Waals surface area contributed by atoms with Crippen LogP contribution in [0.4, 0.5) is 4.79 Å². The predicted octanol–water partition coefficient (Wildman–Crippen LogP) is 6.98. The number of aryl methyl sites for hydroxylation is 2. The van der Waals surface area contributed by atoms with E-state index in [1.54, 1.807) is 41.5 Å². The van der Waals surface area contributed by atoms with E-state index >= 15 is 0 Å². The number of alkyl carbamates (subject to hydrolysis) is 1. The molecule has 3 atom stereocenters. The molecular formula is C38H57N3O6. The summed E-state index contributed by atoms with van der Waals surface area (Å²) in [6, 6.07) is 12.0. The Balaban J connectivity index is 2.70. The maximum absolute atomic E-state index is 14.7. The normalized spacial score (nSPS) is 14.1. The number of amides is 3. The molecule has 2 N–H and O–H groups in total. The lowest BCUT2D eigenvalue weighted by Gasteiger charge is -2.43. The van der Waals surface area contributed by atoms with Crippen molar-refractivity contribution in [2.24, 2.45) is 5.92 Å². The molecule has 47 heavy (non-hydrogen) atoms. The Labute approximate surface area is 282 Å².